The molecule has 0 amide bonds. The van der Waals surface area contributed by atoms with Gasteiger partial charge in [0.1, 0.15) is 12.4 Å². The van der Waals surface area contributed by atoms with Gasteiger partial charge in [0.15, 0.2) is 11.8 Å². The summed E-state index contributed by atoms with van der Waals surface area (Å²) in [5.41, 5.74) is 2.70. The third-order valence-corrected chi connectivity index (χ3v) is 6.23. The van der Waals surface area contributed by atoms with Crippen molar-refractivity contribution in [3.05, 3.63) is 47.0 Å². The van der Waals surface area contributed by atoms with Crippen molar-refractivity contribution in [2.75, 3.05) is 26.7 Å². The van der Waals surface area contributed by atoms with Crippen LogP contribution in [0.15, 0.2) is 29.3 Å². The zero-order valence-electron chi connectivity index (χ0n) is 19.9. The minimum atomic E-state index is 0. The van der Waals surface area contributed by atoms with Gasteiger partial charge in [-0.05, 0) is 50.4 Å². The molecule has 33 heavy (non-hydrogen) atoms. The number of piperidine rings is 1. The fourth-order valence-corrected chi connectivity index (χ4v) is 4.57. The molecular formula is C24H38IN7O. The topological polar surface area (TPSA) is 79.6 Å². The largest absolute Gasteiger partial charge is 0.377 e. The molecule has 0 aliphatic carbocycles. The second-order valence-corrected chi connectivity index (χ2v) is 8.74. The van der Waals surface area contributed by atoms with E-state index in [-0.39, 0.29) is 30.0 Å². The average Bonchev–Trinajstić information content (AvgIpc) is 3.21. The van der Waals surface area contributed by atoms with Gasteiger partial charge in [0.05, 0.1) is 13.1 Å². The molecule has 1 unspecified atom stereocenters. The molecule has 0 spiro atoms. The average molecular weight is 568 g/mol. The zero-order valence-corrected chi connectivity index (χ0v) is 22.3. The maximum absolute atomic E-state index is 5.17. The highest BCUT2D eigenvalue weighted by Crippen LogP contribution is 2.17. The third kappa shape index (κ3) is 7.38. The summed E-state index contributed by atoms with van der Waals surface area (Å²) in [7, 11) is 1.67. The molecule has 0 bridgehead atoms. The van der Waals surface area contributed by atoms with E-state index < -0.39 is 0 Å². The fourth-order valence-electron chi connectivity index (χ4n) is 4.57. The number of aryl methyl sites for hydroxylation is 1. The van der Waals surface area contributed by atoms with Crippen molar-refractivity contribution in [3.63, 3.8) is 0 Å². The molecule has 2 aromatic rings. The number of aromatic nitrogens is 3. The first-order chi connectivity index (χ1) is 15.7. The minimum absolute atomic E-state index is 0. The Balaban J connectivity index is 0.00000306. The molecule has 8 nitrogen and oxygen atoms in total. The highest BCUT2D eigenvalue weighted by Gasteiger charge is 2.22. The van der Waals surface area contributed by atoms with Crippen LogP contribution in [0, 0.1) is 0 Å². The Hall–Kier alpha value is -1.72. The molecule has 1 atom stereocenters. The van der Waals surface area contributed by atoms with Gasteiger partial charge in [-0.15, -0.1) is 24.0 Å². The van der Waals surface area contributed by atoms with E-state index in [1.807, 2.05) is 4.68 Å². The van der Waals surface area contributed by atoms with E-state index in [2.05, 4.69) is 56.8 Å². The van der Waals surface area contributed by atoms with E-state index in [0.29, 0.717) is 13.2 Å². The number of halogens is 1. The number of likely N-dealkylation sites (tertiary alicyclic amines) is 1. The second kappa shape index (κ2) is 13.2. The number of methoxy groups -OCH3 is 1. The van der Waals surface area contributed by atoms with Crippen LogP contribution in [0.4, 0.5) is 0 Å². The summed E-state index contributed by atoms with van der Waals surface area (Å²) in [4.78, 5) is 12.1. The van der Waals surface area contributed by atoms with Gasteiger partial charge in [-0.2, -0.15) is 5.10 Å². The number of ether oxygens (including phenoxy) is 1. The van der Waals surface area contributed by atoms with E-state index in [1.54, 1.807) is 7.11 Å². The summed E-state index contributed by atoms with van der Waals surface area (Å²) in [5, 5.41) is 11.6. The van der Waals surface area contributed by atoms with Gasteiger partial charge in [0.25, 0.3) is 0 Å². The number of fused-ring (bicyclic) bond motifs is 1. The van der Waals surface area contributed by atoms with Crippen LogP contribution < -0.4 is 10.6 Å². The molecule has 1 aromatic carbocycles. The Morgan fingerprint density at radius 3 is 2.73 bits per heavy atom. The summed E-state index contributed by atoms with van der Waals surface area (Å²) in [5.74, 6) is 2.67. The Kier molecular flexibility index (Phi) is 10.4. The van der Waals surface area contributed by atoms with Crippen molar-refractivity contribution in [2.24, 2.45) is 4.99 Å². The van der Waals surface area contributed by atoms with Crippen molar-refractivity contribution >= 4 is 29.9 Å². The van der Waals surface area contributed by atoms with Crippen LogP contribution in [0.5, 0.6) is 0 Å². The summed E-state index contributed by atoms with van der Waals surface area (Å²) >= 11 is 0. The van der Waals surface area contributed by atoms with E-state index in [0.717, 1.165) is 50.1 Å². The van der Waals surface area contributed by atoms with Crippen molar-refractivity contribution in [1.82, 2.24) is 30.3 Å². The molecule has 2 aliphatic heterocycles. The molecule has 1 saturated heterocycles. The number of rotatable bonds is 8. The molecule has 0 radical (unpaired) electrons. The van der Waals surface area contributed by atoms with Crippen LogP contribution in [-0.2, 0) is 37.4 Å². The Bertz CT molecular complexity index is 895. The van der Waals surface area contributed by atoms with Crippen LogP contribution in [0.3, 0.4) is 0 Å². The number of benzene rings is 1. The third-order valence-electron chi connectivity index (χ3n) is 6.23. The lowest BCUT2D eigenvalue weighted by Crippen LogP contribution is -2.47. The number of nitrogens with zero attached hydrogens (tertiary/aromatic N) is 5. The molecule has 4 rings (SSSR count). The first-order valence-corrected chi connectivity index (χ1v) is 12.0. The van der Waals surface area contributed by atoms with Gasteiger partial charge in [-0.1, -0.05) is 30.7 Å². The predicted molar refractivity (Wildman–Crippen MR) is 142 cm³/mol. The normalized spacial score (nSPS) is 19.0. The maximum atomic E-state index is 5.17. The molecule has 2 aliphatic rings. The molecule has 3 heterocycles. The molecule has 1 aromatic heterocycles. The van der Waals surface area contributed by atoms with Gasteiger partial charge < -0.3 is 15.4 Å². The molecule has 0 saturated carbocycles. The predicted octanol–water partition coefficient (Wildman–Crippen LogP) is 3.10. The number of nitrogens with one attached hydrogen (secondary N) is 2. The number of guanidine groups is 1. The first-order valence-electron chi connectivity index (χ1n) is 12.0. The van der Waals surface area contributed by atoms with Crippen LogP contribution in [-0.4, -0.2) is 58.4 Å². The molecule has 9 heteroatoms. The molecule has 2 N–H and O–H groups in total. The zero-order chi connectivity index (χ0) is 22.2. The number of hydrogen-bond acceptors (Lipinski definition) is 5. The van der Waals surface area contributed by atoms with Crippen molar-refractivity contribution in [2.45, 2.75) is 71.3 Å². The van der Waals surface area contributed by atoms with E-state index in [1.165, 1.54) is 43.5 Å². The van der Waals surface area contributed by atoms with Crippen molar-refractivity contribution in [1.29, 1.82) is 0 Å². The van der Waals surface area contributed by atoms with E-state index >= 15 is 0 Å². The van der Waals surface area contributed by atoms with E-state index in [4.69, 9.17) is 9.73 Å². The molecule has 1 fully saturated rings. The lowest BCUT2D eigenvalue weighted by Gasteiger charge is -2.27. The summed E-state index contributed by atoms with van der Waals surface area (Å²) < 4.78 is 7.18. The van der Waals surface area contributed by atoms with Crippen LogP contribution in [0.2, 0.25) is 0 Å². The second-order valence-electron chi connectivity index (χ2n) is 8.74. The van der Waals surface area contributed by atoms with E-state index in [9.17, 15) is 0 Å². The fraction of sp³-hybridized carbons (Fsp3) is 0.625. The number of aliphatic imine (C=N–C) groups is 1. The van der Waals surface area contributed by atoms with Crippen molar-refractivity contribution < 1.29 is 4.74 Å². The SMILES string of the molecule is CCNC(=NCc1ccccc1CN1CCCCC1)NC1CCc2nc(COC)nn2C1.I. The Morgan fingerprint density at radius 2 is 1.97 bits per heavy atom. The quantitative estimate of drug-likeness (QED) is 0.290. The Morgan fingerprint density at radius 1 is 1.18 bits per heavy atom. The van der Waals surface area contributed by atoms with Crippen LogP contribution >= 0.6 is 24.0 Å². The highest BCUT2D eigenvalue weighted by atomic mass is 127. The van der Waals surface area contributed by atoms with Gasteiger partial charge in [0.2, 0.25) is 0 Å². The number of hydrogen-bond donors (Lipinski definition) is 2. The minimum Gasteiger partial charge on any atom is -0.377 e. The lowest BCUT2D eigenvalue weighted by atomic mass is 10.1. The summed E-state index contributed by atoms with van der Waals surface area (Å²) in [6.45, 7) is 8.31. The summed E-state index contributed by atoms with van der Waals surface area (Å²) in [6, 6.07) is 9.01. The first kappa shape index (κ1) is 25.9. The smallest absolute Gasteiger partial charge is 0.191 e. The summed E-state index contributed by atoms with van der Waals surface area (Å²) in [6.07, 6.45) is 5.92. The highest BCUT2D eigenvalue weighted by molar-refractivity contribution is 14.0. The van der Waals surface area contributed by atoms with Crippen LogP contribution in [0.25, 0.3) is 0 Å². The van der Waals surface area contributed by atoms with Gasteiger partial charge in [-0.3, -0.25) is 4.90 Å². The standard InChI is InChI=1S/C24H37N7O.HI/c1-3-25-24(27-21-11-12-23-28-22(18-32-2)29-31(23)17-21)26-15-19-9-5-6-10-20(19)16-30-13-7-4-8-14-30;/h5-6,9-10,21H,3-4,7-8,11-18H2,1-2H3,(H2,25,26,27);1H. The Labute approximate surface area is 214 Å². The lowest BCUT2D eigenvalue weighted by molar-refractivity contribution is 0.177. The van der Waals surface area contributed by atoms with Gasteiger partial charge in [-0.25, -0.2) is 14.7 Å². The van der Waals surface area contributed by atoms with Gasteiger partial charge in [0, 0.05) is 32.7 Å². The van der Waals surface area contributed by atoms with Gasteiger partial charge >= 0.3 is 0 Å². The maximum Gasteiger partial charge on any atom is 0.191 e. The van der Waals surface area contributed by atoms with Crippen molar-refractivity contribution in [3.8, 4) is 0 Å². The molecule has 182 valence electrons. The molecular weight excluding hydrogens is 529 g/mol. The van der Waals surface area contributed by atoms with Crippen LogP contribution in [0.1, 0.15) is 55.4 Å². The monoisotopic (exact) mass is 567 g/mol.